The van der Waals surface area contributed by atoms with Gasteiger partial charge in [-0.05, 0) is 19.3 Å². The topological polar surface area (TPSA) is 0 Å². The Balaban J connectivity index is 0. The zero-order valence-corrected chi connectivity index (χ0v) is 9.53. The molecule has 0 aromatic rings. The molecule has 0 heterocycles. The van der Waals surface area contributed by atoms with Crippen LogP contribution in [-0.4, -0.2) is 5.88 Å². The highest BCUT2D eigenvalue weighted by atomic mass is 35.5. The van der Waals surface area contributed by atoms with Gasteiger partial charge in [0.2, 0.25) is 0 Å². The van der Waals surface area contributed by atoms with Gasteiger partial charge in [-0.2, -0.15) is 0 Å². The number of hydrogen-bond acceptors (Lipinski definition) is 0. The molecule has 0 aliphatic rings. The number of hydrogen-bond donors (Lipinski definition) is 0. The zero-order valence-electron chi connectivity index (χ0n) is 8.78. The van der Waals surface area contributed by atoms with Crippen LogP contribution in [0.15, 0.2) is 12.2 Å². The van der Waals surface area contributed by atoms with Gasteiger partial charge in [0.15, 0.2) is 0 Å². The molecule has 0 aliphatic carbocycles. The van der Waals surface area contributed by atoms with Crippen molar-refractivity contribution in [2.75, 3.05) is 5.88 Å². The number of allylic oxidation sites excluding steroid dienone is 2. The van der Waals surface area contributed by atoms with Crippen molar-refractivity contribution < 1.29 is 0 Å². The van der Waals surface area contributed by atoms with Gasteiger partial charge in [-0.25, -0.2) is 0 Å². The number of halogens is 1. The minimum absolute atomic E-state index is 0.827. The summed E-state index contributed by atoms with van der Waals surface area (Å²) in [6.07, 6.45) is 10.4. The Kier molecular flexibility index (Phi) is 20.9. The Labute approximate surface area is 83.0 Å². The fourth-order valence-corrected chi connectivity index (χ4v) is 0.867. The van der Waals surface area contributed by atoms with Gasteiger partial charge >= 0.3 is 0 Å². The van der Waals surface area contributed by atoms with Gasteiger partial charge in [0, 0.05) is 5.88 Å². The predicted octanol–water partition coefficient (Wildman–Crippen LogP) is 4.78. The molecule has 0 fully saturated rings. The van der Waals surface area contributed by atoms with Crippen molar-refractivity contribution in [3.05, 3.63) is 12.2 Å². The summed E-state index contributed by atoms with van der Waals surface area (Å²) in [6.45, 7) is 6.46. The van der Waals surface area contributed by atoms with Gasteiger partial charge in [-0.15, -0.1) is 11.6 Å². The summed E-state index contributed by atoms with van der Waals surface area (Å²) in [5, 5.41) is 0. The number of unbranched alkanes of at least 4 members (excludes halogenated alkanes) is 2. The average Bonchev–Trinajstić information content (AvgIpc) is 2.12. The molecule has 0 bridgehead atoms. The van der Waals surface area contributed by atoms with E-state index in [9.17, 15) is 0 Å². The first kappa shape index (κ1) is 14.5. The molecular formula is C11H23Cl. The highest BCUT2D eigenvalue weighted by Gasteiger charge is 1.76. The summed E-state index contributed by atoms with van der Waals surface area (Å²) < 4.78 is 0. The van der Waals surface area contributed by atoms with Crippen molar-refractivity contribution in [2.45, 2.75) is 52.9 Å². The van der Waals surface area contributed by atoms with Gasteiger partial charge in [0.05, 0.1) is 0 Å². The molecule has 74 valence electrons. The number of rotatable bonds is 5. The maximum Gasteiger partial charge on any atom is 0.0223 e. The lowest BCUT2D eigenvalue weighted by Gasteiger charge is -1.84. The van der Waals surface area contributed by atoms with Crippen LogP contribution in [0, 0.1) is 0 Å². The Morgan fingerprint density at radius 1 is 0.917 bits per heavy atom. The molecule has 0 saturated heterocycles. The lowest BCUT2D eigenvalue weighted by molar-refractivity contribution is 0.776. The van der Waals surface area contributed by atoms with Gasteiger partial charge < -0.3 is 0 Å². The molecule has 0 rings (SSSR count). The Hall–Kier alpha value is 0.0300. The van der Waals surface area contributed by atoms with E-state index in [1.165, 1.54) is 32.1 Å². The minimum atomic E-state index is 0.827. The van der Waals surface area contributed by atoms with Crippen molar-refractivity contribution in [1.82, 2.24) is 0 Å². The van der Waals surface area contributed by atoms with E-state index in [4.69, 9.17) is 11.6 Å². The zero-order chi connectivity index (χ0) is 9.66. The Morgan fingerprint density at radius 2 is 1.42 bits per heavy atom. The molecule has 0 nitrogen and oxygen atoms in total. The van der Waals surface area contributed by atoms with Gasteiger partial charge in [0.25, 0.3) is 0 Å². The quantitative estimate of drug-likeness (QED) is 0.333. The van der Waals surface area contributed by atoms with Crippen molar-refractivity contribution in [3.8, 4) is 0 Å². The highest BCUT2D eigenvalue weighted by Crippen LogP contribution is 1.93. The van der Waals surface area contributed by atoms with Crippen LogP contribution >= 0.6 is 11.6 Å². The SMILES string of the molecule is CCC=CCC.CCCCCCl. The molecule has 0 atom stereocenters. The maximum atomic E-state index is 5.38. The third-order valence-electron chi connectivity index (χ3n) is 1.38. The van der Waals surface area contributed by atoms with Crippen LogP contribution in [0.3, 0.4) is 0 Å². The van der Waals surface area contributed by atoms with E-state index in [1.54, 1.807) is 0 Å². The minimum Gasteiger partial charge on any atom is -0.127 e. The molecule has 0 radical (unpaired) electrons. The van der Waals surface area contributed by atoms with E-state index in [0.717, 1.165) is 5.88 Å². The summed E-state index contributed by atoms with van der Waals surface area (Å²) in [5.41, 5.74) is 0. The van der Waals surface area contributed by atoms with Crippen LogP contribution < -0.4 is 0 Å². The van der Waals surface area contributed by atoms with E-state index in [-0.39, 0.29) is 0 Å². The van der Waals surface area contributed by atoms with E-state index in [2.05, 4.69) is 32.9 Å². The summed E-state index contributed by atoms with van der Waals surface area (Å²) in [7, 11) is 0. The van der Waals surface area contributed by atoms with Crippen LogP contribution in [-0.2, 0) is 0 Å². The van der Waals surface area contributed by atoms with Crippen molar-refractivity contribution >= 4 is 11.6 Å². The summed E-state index contributed by atoms with van der Waals surface area (Å²) in [6, 6.07) is 0. The van der Waals surface area contributed by atoms with Gasteiger partial charge in [0.1, 0.15) is 0 Å². The fourth-order valence-electron chi connectivity index (χ4n) is 0.678. The standard InChI is InChI=1S/C6H12.C5H11Cl/c1-3-5-6-4-2;1-2-3-4-5-6/h5-6H,3-4H2,1-2H3;2-5H2,1H3. The summed E-state index contributed by atoms with van der Waals surface area (Å²) in [4.78, 5) is 0. The first-order chi connectivity index (χ1) is 5.83. The Morgan fingerprint density at radius 3 is 1.58 bits per heavy atom. The normalized spacial score (nSPS) is 9.67. The van der Waals surface area contributed by atoms with Crippen LogP contribution in [0.2, 0.25) is 0 Å². The molecule has 0 N–H and O–H groups in total. The van der Waals surface area contributed by atoms with E-state index < -0.39 is 0 Å². The molecule has 0 amide bonds. The van der Waals surface area contributed by atoms with Crippen LogP contribution in [0.5, 0.6) is 0 Å². The molecule has 12 heavy (non-hydrogen) atoms. The molecule has 1 heteroatoms. The van der Waals surface area contributed by atoms with E-state index >= 15 is 0 Å². The van der Waals surface area contributed by atoms with E-state index in [1.807, 2.05) is 0 Å². The smallest absolute Gasteiger partial charge is 0.0223 e. The van der Waals surface area contributed by atoms with Gasteiger partial charge in [-0.1, -0.05) is 45.8 Å². The monoisotopic (exact) mass is 190 g/mol. The summed E-state index contributed by atoms with van der Waals surface area (Å²) >= 11 is 5.38. The van der Waals surface area contributed by atoms with Gasteiger partial charge in [-0.3, -0.25) is 0 Å². The number of alkyl halides is 1. The first-order valence-corrected chi connectivity index (χ1v) is 5.57. The maximum absolute atomic E-state index is 5.38. The second kappa shape index (κ2) is 17.2. The van der Waals surface area contributed by atoms with Crippen molar-refractivity contribution in [1.29, 1.82) is 0 Å². The Bertz CT molecular complexity index is 67.1. The largest absolute Gasteiger partial charge is 0.127 e. The molecule has 0 aromatic carbocycles. The summed E-state index contributed by atoms with van der Waals surface area (Å²) in [5.74, 6) is 0.827. The van der Waals surface area contributed by atoms with Crippen LogP contribution in [0.4, 0.5) is 0 Å². The van der Waals surface area contributed by atoms with Crippen LogP contribution in [0.1, 0.15) is 52.9 Å². The molecule has 0 unspecified atom stereocenters. The first-order valence-electron chi connectivity index (χ1n) is 5.04. The lowest BCUT2D eigenvalue weighted by Crippen LogP contribution is -1.70. The van der Waals surface area contributed by atoms with Crippen LogP contribution in [0.25, 0.3) is 0 Å². The molecule has 0 aromatic heterocycles. The molecule has 0 spiro atoms. The highest BCUT2D eigenvalue weighted by molar-refractivity contribution is 6.17. The fraction of sp³-hybridized carbons (Fsp3) is 0.818. The second-order valence-electron chi connectivity index (χ2n) is 2.68. The average molecular weight is 191 g/mol. The second-order valence-corrected chi connectivity index (χ2v) is 3.06. The molecule has 0 aliphatic heterocycles. The van der Waals surface area contributed by atoms with E-state index in [0.29, 0.717) is 0 Å². The molecule has 0 saturated carbocycles. The lowest BCUT2D eigenvalue weighted by atomic mass is 10.3. The molecular weight excluding hydrogens is 168 g/mol. The van der Waals surface area contributed by atoms with Crippen molar-refractivity contribution in [3.63, 3.8) is 0 Å². The van der Waals surface area contributed by atoms with Crippen molar-refractivity contribution in [2.24, 2.45) is 0 Å². The predicted molar refractivity (Wildman–Crippen MR) is 60.0 cm³/mol. The third-order valence-corrected chi connectivity index (χ3v) is 1.64. The third kappa shape index (κ3) is 22.5.